The zero-order valence-corrected chi connectivity index (χ0v) is 12.0. The zero-order valence-electron chi connectivity index (χ0n) is 12.0. The summed E-state index contributed by atoms with van der Waals surface area (Å²) in [4.78, 5) is 2.59. The van der Waals surface area contributed by atoms with Crippen LogP contribution in [-0.4, -0.2) is 33.3 Å². The molecule has 1 aromatic heterocycles. The van der Waals surface area contributed by atoms with Gasteiger partial charge in [0, 0.05) is 30.9 Å². The first kappa shape index (κ1) is 13.6. The Bertz CT molecular complexity index is 383. The molecule has 4 heteroatoms. The molecule has 0 amide bonds. The zero-order chi connectivity index (χ0) is 13.3. The predicted octanol–water partition coefficient (Wildman–Crippen LogP) is 1.93. The maximum Gasteiger partial charge on any atom is 0.0538 e. The van der Waals surface area contributed by atoms with Crippen molar-refractivity contribution in [2.45, 2.75) is 51.7 Å². The molecule has 0 spiro atoms. The van der Waals surface area contributed by atoms with E-state index in [0.717, 1.165) is 6.54 Å². The topological polar surface area (TPSA) is 47.1 Å². The first-order valence-corrected chi connectivity index (χ1v) is 7.00. The lowest BCUT2D eigenvalue weighted by Gasteiger charge is -2.36. The highest BCUT2D eigenvalue weighted by Gasteiger charge is 2.35. The quantitative estimate of drug-likeness (QED) is 0.888. The molecule has 1 saturated heterocycles. The average molecular weight is 250 g/mol. The molecule has 0 aromatic carbocycles. The summed E-state index contributed by atoms with van der Waals surface area (Å²) in [5.41, 5.74) is 7.49. The van der Waals surface area contributed by atoms with Gasteiger partial charge in [-0.05, 0) is 32.2 Å². The SMILES string of the molecule is CC(C)C1CCCN1C(c1cnn(C)c1)C(C)N. The van der Waals surface area contributed by atoms with Crippen LogP contribution < -0.4 is 5.73 Å². The molecule has 1 aromatic rings. The highest BCUT2D eigenvalue weighted by Crippen LogP contribution is 2.34. The van der Waals surface area contributed by atoms with E-state index in [1.807, 2.05) is 17.9 Å². The molecule has 0 radical (unpaired) electrons. The Hall–Kier alpha value is -0.870. The van der Waals surface area contributed by atoms with Crippen LogP contribution in [0.25, 0.3) is 0 Å². The van der Waals surface area contributed by atoms with Crippen molar-refractivity contribution in [1.82, 2.24) is 14.7 Å². The van der Waals surface area contributed by atoms with Crippen molar-refractivity contribution in [3.8, 4) is 0 Å². The lowest BCUT2D eigenvalue weighted by Crippen LogP contribution is -2.43. The summed E-state index contributed by atoms with van der Waals surface area (Å²) < 4.78 is 1.87. The number of hydrogen-bond donors (Lipinski definition) is 1. The van der Waals surface area contributed by atoms with Crippen LogP contribution in [-0.2, 0) is 7.05 Å². The number of nitrogens with two attached hydrogens (primary N) is 1. The summed E-state index contributed by atoms with van der Waals surface area (Å²) >= 11 is 0. The Labute approximate surface area is 110 Å². The highest BCUT2D eigenvalue weighted by atomic mass is 15.3. The second-order valence-electron chi connectivity index (χ2n) is 5.94. The lowest BCUT2D eigenvalue weighted by molar-refractivity contribution is 0.130. The fraction of sp³-hybridized carbons (Fsp3) is 0.786. The van der Waals surface area contributed by atoms with Gasteiger partial charge in [-0.3, -0.25) is 9.58 Å². The number of aromatic nitrogens is 2. The van der Waals surface area contributed by atoms with E-state index in [1.165, 1.54) is 18.4 Å². The van der Waals surface area contributed by atoms with E-state index in [4.69, 9.17) is 5.73 Å². The Morgan fingerprint density at radius 3 is 2.61 bits per heavy atom. The third-order valence-electron chi connectivity index (χ3n) is 4.03. The van der Waals surface area contributed by atoms with Crippen molar-refractivity contribution in [1.29, 1.82) is 0 Å². The van der Waals surface area contributed by atoms with Gasteiger partial charge in [-0.15, -0.1) is 0 Å². The van der Waals surface area contributed by atoms with Gasteiger partial charge < -0.3 is 5.73 Å². The summed E-state index contributed by atoms with van der Waals surface area (Å²) in [6.07, 6.45) is 6.64. The third-order valence-corrected chi connectivity index (χ3v) is 4.03. The molecule has 18 heavy (non-hydrogen) atoms. The number of rotatable bonds is 4. The van der Waals surface area contributed by atoms with Gasteiger partial charge in [-0.25, -0.2) is 0 Å². The largest absolute Gasteiger partial charge is 0.326 e. The van der Waals surface area contributed by atoms with Gasteiger partial charge in [0.25, 0.3) is 0 Å². The van der Waals surface area contributed by atoms with Crippen LogP contribution in [0.1, 0.15) is 45.2 Å². The number of nitrogens with zero attached hydrogens (tertiary/aromatic N) is 3. The molecule has 4 nitrogen and oxygen atoms in total. The summed E-state index contributed by atoms with van der Waals surface area (Å²) in [6.45, 7) is 7.88. The molecule has 3 atom stereocenters. The smallest absolute Gasteiger partial charge is 0.0538 e. The molecule has 2 N–H and O–H groups in total. The molecule has 0 saturated carbocycles. The van der Waals surface area contributed by atoms with E-state index in [9.17, 15) is 0 Å². The molecule has 1 aliphatic heterocycles. The standard InChI is InChI=1S/C14H26N4/c1-10(2)13-6-5-7-18(13)14(11(3)15)12-8-16-17(4)9-12/h8-11,13-14H,5-7,15H2,1-4H3. The minimum Gasteiger partial charge on any atom is -0.326 e. The third kappa shape index (κ3) is 2.59. The average Bonchev–Trinajstić information content (AvgIpc) is 2.88. The fourth-order valence-corrected chi connectivity index (χ4v) is 3.27. The monoisotopic (exact) mass is 250 g/mol. The molecule has 0 aliphatic carbocycles. The highest BCUT2D eigenvalue weighted by molar-refractivity contribution is 5.14. The summed E-state index contributed by atoms with van der Waals surface area (Å²) in [5, 5.41) is 4.30. The van der Waals surface area contributed by atoms with Crippen LogP contribution in [0, 0.1) is 5.92 Å². The van der Waals surface area contributed by atoms with E-state index < -0.39 is 0 Å². The van der Waals surface area contributed by atoms with Gasteiger partial charge in [-0.2, -0.15) is 5.10 Å². The normalized spacial score (nSPS) is 24.7. The van der Waals surface area contributed by atoms with E-state index >= 15 is 0 Å². The van der Waals surface area contributed by atoms with Crippen LogP contribution >= 0.6 is 0 Å². The summed E-state index contributed by atoms with van der Waals surface area (Å²) in [5.74, 6) is 0.686. The minimum atomic E-state index is 0.133. The number of likely N-dealkylation sites (tertiary alicyclic amines) is 1. The molecule has 2 rings (SSSR count). The van der Waals surface area contributed by atoms with Crippen LogP contribution in [0.15, 0.2) is 12.4 Å². The second-order valence-corrected chi connectivity index (χ2v) is 5.94. The lowest BCUT2D eigenvalue weighted by atomic mass is 9.96. The van der Waals surface area contributed by atoms with Gasteiger partial charge >= 0.3 is 0 Å². The van der Waals surface area contributed by atoms with Gasteiger partial charge in [0.1, 0.15) is 0 Å². The van der Waals surface area contributed by atoms with Crippen LogP contribution in [0.5, 0.6) is 0 Å². The Kier molecular flexibility index (Phi) is 4.07. The van der Waals surface area contributed by atoms with Gasteiger partial charge in [-0.1, -0.05) is 13.8 Å². The number of aryl methyl sites for hydroxylation is 1. The number of hydrogen-bond acceptors (Lipinski definition) is 3. The molecule has 102 valence electrons. The fourth-order valence-electron chi connectivity index (χ4n) is 3.27. The maximum atomic E-state index is 6.24. The van der Waals surface area contributed by atoms with Crippen LogP contribution in [0.2, 0.25) is 0 Å². The van der Waals surface area contributed by atoms with Gasteiger partial charge in [0.15, 0.2) is 0 Å². The first-order chi connectivity index (χ1) is 8.50. The summed E-state index contributed by atoms with van der Waals surface area (Å²) in [6, 6.07) is 1.09. The molecule has 2 heterocycles. The first-order valence-electron chi connectivity index (χ1n) is 7.00. The van der Waals surface area contributed by atoms with E-state index in [-0.39, 0.29) is 6.04 Å². The van der Waals surface area contributed by atoms with Crippen molar-refractivity contribution in [3.05, 3.63) is 18.0 Å². The van der Waals surface area contributed by atoms with Crippen LogP contribution in [0.4, 0.5) is 0 Å². The Balaban J connectivity index is 2.25. The van der Waals surface area contributed by atoms with E-state index in [2.05, 4.69) is 37.0 Å². The van der Waals surface area contributed by atoms with E-state index in [1.54, 1.807) is 0 Å². The van der Waals surface area contributed by atoms with E-state index in [0.29, 0.717) is 18.0 Å². The van der Waals surface area contributed by atoms with Gasteiger partial charge in [0.2, 0.25) is 0 Å². The molecule has 1 fully saturated rings. The van der Waals surface area contributed by atoms with Crippen LogP contribution in [0.3, 0.4) is 0 Å². The Morgan fingerprint density at radius 1 is 1.39 bits per heavy atom. The van der Waals surface area contributed by atoms with Crippen molar-refractivity contribution in [2.75, 3.05) is 6.54 Å². The maximum absolute atomic E-state index is 6.24. The molecular formula is C14H26N4. The Morgan fingerprint density at radius 2 is 2.11 bits per heavy atom. The molecule has 1 aliphatic rings. The molecule has 0 bridgehead atoms. The van der Waals surface area contributed by atoms with Crippen molar-refractivity contribution in [2.24, 2.45) is 18.7 Å². The minimum absolute atomic E-state index is 0.133. The second kappa shape index (κ2) is 5.41. The van der Waals surface area contributed by atoms with Gasteiger partial charge in [0.05, 0.1) is 12.2 Å². The van der Waals surface area contributed by atoms with Crippen molar-refractivity contribution >= 4 is 0 Å². The predicted molar refractivity (Wildman–Crippen MR) is 74.2 cm³/mol. The van der Waals surface area contributed by atoms with Crippen molar-refractivity contribution < 1.29 is 0 Å². The molecule has 3 unspecified atom stereocenters. The molecular weight excluding hydrogens is 224 g/mol. The van der Waals surface area contributed by atoms with Crippen molar-refractivity contribution in [3.63, 3.8) is 0 Å². The summed E-state index contributed by atoms with van der Waals surface area (Å²) in [7, 11) is 1.96.